The molecule has 0 aliphatic rings. The van der Waals surface area contributed by atoms with Crippen LogP contribution in [-0.2, 0) is 0 Å². The fourth-order valence-electron chi connectivity index (χ4n) is 2.84. The first-order valence-electron chi connectivity index (χ1n) is 7.51. The summed E-state index contributed by atoms with van der Waals surface area (Å²) in [5.41, 5.74) is 3.85. The molecule has 0 N–H and O–H groups in total. The monoisotopic (exact) mass is 293 g/mol. The predicted molar refractivity (Wildman–Crippen MR) is 88.1 cm³/mol. The highest BCUT2D eigenvalue weighted by Crippen LogP contribution is 2.22. The zero-order chi connectivity index (χ0) is 15.7. The van der Waals surface area contributed by atoms with Crippen LogP contribution >= 0.6 is 0 Å². The zero-order valence-corrected chi connectivity index (χ0v) is 13.1. The number of rotatable bonds is 3. The molecule has 0 amide bonds. The Labute approximate surface area is 129 Å². The Kier molecular flexibility index (Phi) is 3.75. The van der Waals surface area contributed by atoms with E-state index >= 15 is 0 Å². The molecule has 0 bridgehead atoms. The summed E-state index contributed by atoms with van der Waals surface area (Å²) in [7, 11) is 0. The van der Waals surface area contributed by atoms with Gasteiger partial charge in [-0.1, -0.05) is 19.1 Å². The Morgan fingerprint density at radius 1 is 1.18 bits per heavy atom. The van der Waals surface area contributed by atoms with E-state index in [1.807, 2.05) is 44.2 Å². The number of pyridine rings is 1. The van der Waals surface area contributed by atoms with E-state index in [4.69, 9.17) is 0 Å². The summed E-state index contributed by atoms with van der Waals surface area (Å²) in [6.07, 6.45) is 4.21. The number of hydrogen-bond acceptors (Lipinski definition) is 3. The first-order chi connectivity index (χ1) is 10.6. The molecule has 4 heteroatoms. The van der Waals surface area contributed by atoms with E-state index in [9.17, 15) is 4.79 Å². The third-order valence-corrected chi connectivity index (χ3v) is 4.03. The van der Waals surface area contributed by atoms with Crippen LogP contribution in [0.1, 0.15) is 36.2 Å². The van der Waals surface area contributed by atoms with Gasteiger partial charge in [-0.25, -0.2) is 4.98 Å². The second-order valence-electron chi connectivity index (χ2n) is 5.61. The third-order valence-electron chi connectivity index (χ3n) is 4.03. The number of fused-ring (bicyclic) bond motifs is 1. The number of benzene rings is 1. The summed E-state index contributed by atoms with van der Waals surface area (Å²) in [6, 6.07) is 9.58. The summed E-state index contributed by atoms with van der Waals surface area (Å²) in [4.78, 5) is 21.8. The van der Waals surface area contributed by atoms with Crippen molar-refractivity contribution in [1.29, 1.82) is 0 Å². The second kappa shape index (κ2) is 5.72. The van der Waals surface area contributed by atoms with E-state index in [1.165, 1.54) is 0 Å². The van der Waals surface area contributed by atoms with E-state index in [-0.39, 0.29) is 11.6 Å². The van der Waals surface area contributed by atoms with Crippen LogP contribution in [0.25, 0.3) is 10.9 Å². The Morgan fingerprint density at radius 3 is 2.73 bits per heavy atom. The smallest absolute Gasteiger partial charge is 0.261 e. The van der Waals surface area contributed by atoms with Gasteiger partial charge in [0.15, 0.2) is 0 Å². The maximum atomic E-state index is 12.8. The van der Waals surface area contributed by atoms with Crippen molar-refractivity contribution in [3.63, 3.8) is 0 Å². The molecule has 0 radical (unpaired) electrons. The zero-order valence-electron chi connectivity index (χ0n) is 13.1. The molecule has 22 heavy (non-hydrogen) atoms. The molecule has 1 aromatic carbocycles. The molecule has 0 aliphatic carbocycles. The molecular weight excluding hydrogens is 274 g/mol. The fourth-order valence-corrected chi connectivity index (χ4v) is 2.84. The van der Waals surface area contributed by atoms with Crippen molar-refractivity contribution in [2.45, 2.75) is 33.2 Å². The summed E-state index contributed by atoms with van der Waals surface area (Å²) in [5.74, 6) is 0. The van der Waals surface area contributed by atoms with Gasteiger partial charge < -0.3 is 0 Å². The topological polar surface area (TPSA) is 47.8 Å². The van der Waals surface area contributed by atoms with Gasteiger partial charge in [0.05, 0.1) is 29.0 Å². The quantitative estimate of drug-likeness (QED) is 0.743. The maximum absolute atomic E-state index is 12.8. The van der Waals surface area contributed by atoms with Crippen LogP contribution in [0.5, 0.6) is 0 Å². The lowest BCUT2D eigenvalue weighted by atomic mass is 10.1. The van der Waals surface area contributed by atoms with Crippen molar-refractivity contribution >= 4 is 10.9 Å². The Balaban J connectivity index is 2.20. The van der Waals surface area contributed by atoms with Gasteiger partial charge in [0.1, 0.15) is 0 Å². The van der Waals surface area contributed by atoms with Crippen LogP contribution in [0.3, 0.4) is 0 Å². The largest absolute Gasteiger partial charge is 0.290 e. The van der Waals surface area contributed by atoms with Crippen LogP contribution in [0, 0.1) is 13.8 Å². The fraction of sp³-hybridized carbons (Fsp3) is 0.278. The van der Waals surface area contributed by atoms with Crippen LogP contribution in [0.2, 0.25) is 0 Å². The van der Waals surface area contributed by atoms with Gasteiger partial charge in [0.25, 0.3) is 5.56 Å². The summed E-state index contributed by atoms with van der Waals surface area (Å²) in [6.45, 7) is 6.08. The molecule has 0 saturated carbocycles. The molecule has 0 aliphatic heterocycles. The normalized spacial score (nSPS) is 12.5. The minimum Gasteiger partial charge on any atom is -0.290 e. The molecule has 1 atom stereocenters. The standard InChI is InChI=1S/C18H19N3O/c1-4-16(17-13(3)6-5-9-19-17)21-11-20-15-10-12(2)7-8-14(15)18(21)22/h5-11,16H,4H2,1-3H3/t16-/m1/s1. The number of aryl methyl sites for hydroxylation is 2. The highest BCUT2D eigenvalue weighted by atomic mass is 16.1. The Morgan fingerprint density at radius 2 is 2.00 bits per heavy atom. The van der Waals surface area contributed by atoms with E-state index < -0.39 is 0 Å². The first-order valence-corrected chi connectivity index (χ1v) is 7.51. The Hall–Kier alpha value is -2.49. The molecule has 4 nitrogen and oxygen atoms in total. The summed E-state index contributed by atoms with van der Waals surface area (Å²) < 4.78 is 1.70. The minimum atomic E-state index is -0.0908. The van der Waals surface area contributed by atoms with Crippen molar-refractivity contribution < 1.29 is 0 Å². The van der Waals surface area contributed by atoms with Gasteiger partial charge in [-0.15, -0.1) is 0 Å². The molecular formula is C18H19N3O. The van der Waals surface area contributed by atoms with Gasteiger partial charge >= 0.3 is 0 Å². The van der Waals surface area contributed by atoms with E-state index in [2.05, 4.69) is 16.9 Å². The van der Waals surface area contributed by atoms with Gasteiger partial charge in [0.2, 0.25) is 0 Å². The van der Waals surface area contributed by atoms with Crippen LogP contribution in [0.15, 0.2) is 47.7 Å². The van der Waals surface area contributed by atoms with Crippen molar-refractivity contribution in [2.75, 3.05) is 0 Å². The molecule has 0 spiro atoms. The Bertz CT molecular complexity index is 883. The van der Waals surface area contributed by atoms with Gasteiger partial charge in [-0.05, 0) is 49.6 Å². The van der Waals surface area contributed by atoms with Crippen LogP contribution in [0.4, 0.5) is 0 Å². The molecule has 3 rings (SSSR count). The number of hydrogen-bond donors (Lipinski definition) is 0. The lowest BCUT2D eigenvalue weighted by Gasteiger charge is -2.19. The predicted octanol–water partition coefficient (Wildman–Crippen LogP) is 3.41. The maximum Gasteiger partial charge on any atom is 0.261 e. The molecule has 2 heterocycles. The van der Waals surface area contributed by atoms with Crippen molar-refractivity contribution in [3.05, 3.63) is 70.0 Å². The lowest BCUT2D eigenvalue weighted by Crippen LogP contribution is -2.26. The number of nitrogens with zero attached hydrogens (tertiary/aromatic N) is 3. The van der Waals surface area contributed by atoms with E-state index in [0.717, 1.165) is 28.8 Å². The average Bonchev–Trinajstić information content (AvgIpc) is 2.51. The van der Waals surface area contributed by atoms with Gasteiger partial charge in [-0.2, -0.15) is 0 Å². The van der Waals surface area contributed by atoms with E-state index in [1.54, 1.807) is 17.1 Å². The average molecular weight is 293 g/mol. The molecule has 0 unspecified atom stereocenters. The number of aromatic nitrogens is 3. The van der Waals surface area contributed by atoms with Crippen LogP contribution < -0.4 is 5.56 Å². The summed E-state index contributed by atoms with van der Waals surface area (Å²) in [5, 5.41) is 0.653. The molecule has 2 aromatic heterocycles. The summed E-state index contributed by atoms with van der Waals surface area (Å²) >= 11 is 0. The molecule has 0 fully saturated rings. The first kappa shape index (κ1) is 14.4. The molecule has 3 aromatic rings. The molecule has 0 saturated heterocycles. The van der Waals surface area contributed by atoms with Gasteiger partial charge in [-0.3, -0.25) is 14.3 Å². The van der Waals surface area contributed by atoms with Crippen molar-refractivity contribution in [2.24, 2.45) is 0 Å². The van der Waals surface area contributed by atoms with Crippen molar-refractivity contribution in [3.8, 4) is 0 Å². The highest BCUT2D eigenvalue weighted by Gasteiger charge is 2.17. The minimum absolute atomic E-state index is 0.0121. The SMILES string of the molecule is CC[C@H](c1ncccc1C)n1cnc2cc(C)ccc2c1=O. The van der Waals surface area contributed by atoms with E-state index in [0.29, 0.717) is 5.39 Å². The second-order valence-corrected chi connectivity index (χ2v) is 5.61. The van der Waals surface area contributed by atoms with Crippen molar-refractivity contribution in [1.82, 2.24) is 14.5 Å². The van der Waals surface area contributed by atoms with Gasteiger partial charge in [0, 0.05) is 6.20 Å². The van der Waals surface area contributed by atoms with Crippen LogP contribution in [-0.4, -0.2) is 14.5 Å². The lowest BCUT2D eigenvalue weighted by molar-refractivity contribution is 0.528. The molecule has 112 valence electrons. The third kappa shape index (κ3) is 2.41. The highest BCUT2D eigenvalue weighted by molar-refractivity contribution is 5.77.